The molecule has 5 nitrogen and oxygen atoms in total. The smallest absolute Gasteiger partial charge is 0.238 e. The minimum absolute atomic E-state index is 0.143. The van der Waals surface area contributed by atoms with Gasteiger partial charge in [-0.05, 0) is 18.2 Å². The Balaban J connectivity index is 2.51. The third kappa shape index (κ3) is 1.91. The van der Waals surface area contributed by atoms with Crippen LogP contribution in [0, 0.1) is 0 Å². The van der Waals surface area contributed by atoms with Gasteiger partial charge in [-0.1, -0.05) is 0 Å². The SMILES string of the molecule is CN1CCNc2cc(S(N)(=O)=O)ccc21. The van der Waals surface area contributed by atoms with Gasteiger partial charge in [0, 0.05) is 20.1 Å². The number of hydrogen-bond donors (Lipinski definition) is 2. The number of fused-ring (bicyclic) bond motifs is 1. The maximum atomic E-state index is 11.1. The highest BCUT2D eigenvalue weighted by molar-refractivity contribution is 7.89. The predicted octanol–water partition coefficient (Wildman–Crippen LogP) is 0.196. The minimum atomic E-state index is -3.61. The van der Waals surface area contributed by atoms with Crippen molar-refractivity contribution in [2.24, 2.45) is 5.14 Å². The molecule has 0 unspecified atom stereocenters. The summed E-state index contributed by atoms with van der Waals surface area (Å²) in [5.41, 5.74) is 1.81. The summed E-state index contributed by atoms with van der Waals surface area (Å²) in [6.07, 6.45) is 0. The highest BCUT2D eigenvalue weighted by Crippen LogP contribution is 2.29. The fourth-order valence-corrected chi connectivity index (χ4v) is 2.19. The Labute approximate surface area is 88.9 Å². The Morgan fingerprint density at radius 1 is 1.47 bits per heavy atom. The average Bonchev–Trinajstić information content (AvgIpc) is 2.16. The molecule has 0 aromatic heterocycles. The molecule has 0 amide bonds. The number of hydrogen-bond acceptors (Lipinski definition) is 4. The molecule has 1 heterocycles. The molecule has 0 bridgehead atoms. The van der Waals surface area contributed by atoms with Crippen molar-refractivity contribution in [1.82, 2.24) is 0 Å². The Bertz CT molecular complexity index is 484. The van der Waals surface area contributed by atoms with Crippen LogP contribution in [-0.2, 0) is 10.0 Å². The molecule has 0 spiro atoms. The monoisotopic (exact) mass is 227 g/mol. The van der Waals surface area contributed by atoms with E-state index in [-0.39, 0.29) is 4.90 Å². The van der Waals surface area contributed by atoms with E-state index in [4.69, 9.17) is 5.14 Å². The van der Waals surface area contributed by atoms with E-state index in [1.165, 1.54) is 6.07 Å². The molecule has 1 aromatic carbocycles. The van der Waals surface area contributed by atoms with Crippen molar-refractivity contribution in [2.45, 2.75) is 4.90 Å². The van der Waals surface area contributed by atoms with E-state index in [0.29, 0.717) is 0 Å². The van der Waals surface area contributed by atoms with Crippen molar-refractivity contribution in [3.8, 4) is 0 Å². The van der Waals surface area contributed by atoms with Crippen molar-refractivity contribution in [3.05, 3.63) is 18.2 Å². The second-order valence-electron chi connectivity index (χ2n) is 3.57. The summed E-state index contributed by atoms with van der Waals surface area (Å²) in [5, 5.41) is 8.20. The normalized spacial score (nSPS) is 15.7. The highest BCUT2D eigenvalue weighted by Gasteiger charge is 2.16. The van der Waals surface area contributed by atoms with Crippen LogP contribution in [0.15, 0.2) is 23.1 Å². The largest absolute Gasteiger partial charge is 0.382 e. The number of benzene rings is 1. The maximum absolute atomic E-state index is 11.1. The molecular formula is C9H13N3O2S. The first-order chi connectivity index (χ1) is 6.98. The number of likely N-dealkylation sites (N-methyl/N-ethyl adjacent to an activating group) is 1. The zero-order valence-electron chi connectivity index (χ0n) is 8.40. The van der Waals surface area contributed by atoms with E-state index in [2.05, 4.69) is 10.2 Å². The molecule has 82 valence electrons. The minimum Gasteiger partial charge on any atom is -0.382 e. The molecule has 0 atom stereocenters. The molecule has 3 N–H and O–H groups in total. The van der Waals surface area contributed by atoms with Gasteiger partial charge in [-0.2, -0.15) is 0 Å². The summed E-state index contributed by atoms with van der Waals surface area (Å²) in [5.74, 6) is 0. The van der Waals surface area contributed by atoms with Gasteiger partial charge in [-0.15, -0.1) is 0 Å². The van der Waals surface area contributed by atoms with Gasteiger partial charge in [0.1, 0.15) is 0 Å². The molecule has 1 aliphatic heterocycles. The van der Waals surface area contributed by atoms with Crippen LogP contribution < -0.4 is 15.4 Å². The number of nitrogens with two attached hydrogens (primary N) is 1. The van der Waals surface area contributed by atoms with E-state index < -0.39 is 10.0 Å². The number of nitrogens with zero attached hydrogens (tertiary/aromatic N) is 1. The number of sulfonamides is 1. The quantitative estimate of drug-likeness (QED) is 0.718. The lowest BCUT2D eigenvalue weighted by atomic mass is 10.2. The van der Waals surface area contributed by atoms with Crippen molar-refractivity contribution in [2.75, 3.05) is 30.4 Å². The lowest BCUT2D eigenvalue weighted by Crippen LogP contribution is -2.30. The molecule has 6 heteroatoms. The standard InChI is InChI=1S/C9H13N3O2S/c1-12-5-4-11-8-6-7(15(10,13)14)2-3-9(8)12/h2-3,6,11H,4-5H2,1H3,(H2,10,13,14). The van der Waals surface area contributed by atoms with Crippen molar-refractivity contribution in [3.63, 3.8) is 0 Å². The first kappa shape index (κ1) is 10.3. The fraction of sp³-hybridized carbons (Fsp3) is 0.333. The Morgan fingerprint density at radius 2 is 2.20 bits per heavy atom. The number of anilines is 2. The zero-order valence-corrected chi connectivity index (χ0v) is 9.21. The molecule has 0 saturated carbocycles. The lowest BCUT2D eigenvalue weighted by molar-refractivity contribution is 0.598. The van der Waals surface area contributed by atoms with Crippen LogP contribution in [0.1, 0.15) is 0 Å². The second-order valence-corrected chi connectivity index (χ2v) is 5.13. The molecule has 0 radical (unpaired) electrons. The number of rotatable bonds is 1. The van der Waals surface area contributed by atoms with Crippen LogP contribution in [0.4, 0.5) is 11.4 Å². The molecular weight excluding hydrogens is 214 g/mol. The summed E-state index contributed by atoms with van der Waals surface area (Å²) in [7, 11) is -1.64. The Kier molecular flexibility index (Phi) is 2.32. The molecule has 0 fully saturated rings. The molecule has 1 aromatic rings. The van der Waals surface area contributed by atoms with E-state index in [0.717, 1.165) is 24.5 Å². The van der Waals surface area contributed by atoms with Crippen molar-refractivity contribution < 1.29 is 8.42 Å². The van der Waals surface area contributed by atoms with Crippen LogP contribution in [0.5, 0.6) is 0 Å². The maximum Gasteiger partial charge on any atom is 0.238 e. The number of nitrogens with one attached hydrogen (secondary N) is 1. The van der Waals surface area contributed by atoms with E-state index in [1.807, 2.05) is 7.05 Å². The van der Waals surface area contributed by atoms with Gasteiger partial charge in [0.25, 0.3) is 0 Å². The predicted molar refractivity (Wildman–Crippen MR) is 59.6 cm³/mol. The average molecular weight is 227 g/mol. The van der Waals surface area contributed by atoms with E-state index >= 15 is 0 Å². The van der Waals surface area contributed by atoms with E-state index in [1.54, 1.807) is 12.1 Å². The van der Waals surface area contributed by atoms with Gasteiger partial charge < -0.3 is 10.2 Å². The van der Waals surface area contributed by atoms with Crippen molar-refractivity contribution in [1.29, 1.82) is 0 Å². The van der Waals surface area contributed by atoms with Crippen molar-refractivity contribution >= 4 is 21.4 Å². The fourth-order valence-electron chi connectivity index (χ4n) is 1.65. The van der Waals surface area contributed by atoms with Gasteiger partial charge in [-0.3, -0.25) is 0 Å². The van der Waals surface area contributed by atoms with Gasteiger partial charge in [0.15, 0.2) is 0 Å². The second kappa shape index (κ2) is 3.39. The topological polar surface area (TPSA) is 75.4 Å². The molecule has 15 heavy (non-hydrogen) atoms. The van der Waals surface area contributed by atoms with Gasteiger partial charge in [0.05, 0.1) is 16.3 Å². The van der Waals surface area contributed by atoms with Gasteiger partial charge >= 0.3 is 0 Å². The lowest BCUT2D eigenvalue weighted by Gasteiger charge is -2.28. The summed E-state index contributed by atoms with van der Waals surface area (Å²) in [4.78, 5) is 2.21. The highest BCUT2D eigenvalue weighted by atomic mass is 32.2. The third-order valence-electron chi connectivity index (χ3n) is 2.47. The summed E-state index contributed by atoms with van der Waals surface area (Å²) in [6.45, 7) is 1.71. The molecule has 0 aliphatic carbocycles. The third-order valence-corrected chi connectivity index (χ3v) is 3.38. The van der Waals surface area contributed by atoms with Crippen LogP contribution in [0.3, 0.4) is 0 Å². The number of primary sulfonamides is 1. The molecule has 1 aliphatic rings. The Hall–Kier alpha value is -1.27. The Morgan fingerprint density at radius 3 is 2.87 bits per heavy atom. The van der Waals surface area contributed by atoms with E-state index in [9.17, 15) is 8.42 Å². The first-order valence-corrected chi connectivity index (χ1v) is 6.15. The summed E-state index contributed by atoms with van der Waals surface area (Å²) < 4.78 is 22.3. The zero-order chi connectivity index (χ0) is 11.1. The first-order valence-electron chi connectivity index (χ1n) is 4.60. The summed E-state index contributed by atoms with van der Waals surface area (Å²) in [6, 6.07) is 4.86. The van der Waals surface area contributed by atoms with Crippen LogP contribution in [-0.4, -0.2) is 28.6 Å². The summed E-state index contributed by atoms with van der Waals surface area (Å²) >= 11 is 0. The van der Waals surface area contributed by atoms with Gasteiger partial charge in [-0.25, -0.2) is 13.6 Å². The molecule has 2 rings (SSSR count). The van der Waals surface area contributed by atoms with Crippen LogP contribution >= 0.6 is 0 Å². The van der Waals surface area contributed by atoms with Crippen LogP contribution in [0.25, 0.3) is 0 Å². The molecule has 0 saturated heterocycles. The van der Waals surface area contributed by atoms with Gasteiger partial charge in [0.2, 0.25) is 10.0 Å². The van der Waals surface area contributed by atoms with Crippen LogP contribution in [0.2, 0.25) is 0 Å².